The number of aliphatic hydroxyl groups excluding tert-OH is 1. The van der Waals surface area contributed by atoms with Gasteiger partial charge in [-0.05, 0) is 49.5 Å². The lowest BCUT2D eigenvalue weighted by atomic mass is 10.1. The molecule has 1 aromatic carbocycles. The summed E-state index contributed by atoms with van der Waals surface area (Å²) in [6, 6.07) is 4.04. The molecule has 2 aromatic rings. The van der Waals surface area contributed by atoms with E-state index >= 15 is 0 Å². The summed E-state index contributed by atoms with van der Waals surface area (Å²) in [4.78, 5) is 19.4. The van der Waals surface area contributed by atoms with Crippen LogP contribution in [0.5, 0.6) is 0 Å². The van der Waals surface area contributed by atoms with Crippen molar-refractivity contribution in [2.45, 2.75) is 32.9 Å². The van der Waals surface area contributed by atoms with E-state index in [1.165, 1.54) is 5.56 Å². The fraction of sp³-hybridized carbons (Fsp3) is 0.467. The van der Waals surface area contributed by atoms with E-state index in [2.05, 4.69) is 15.3 Å². The molecule has 0 saturated carbocycles. The van der Waals surface area contributed by atoms with E-state index in [0.717, 1.165) is 22.3 Å². The molecule has 1 amide bonds. The number of aliphatic hydroxyl groups is 1. The van der Waals surface area contributed by atoms with Gasteiger partial charge in [-0.15, -0.1) is 0 Å². The molecular formula is C15H21N3O2S. The highest BCUT2D eigenvalue weighted by Gasteiger charge is 2.15. The molecule has 0 aliphatic rings. The van der Waals surface area contributed by atoms with Gasteiger partial charge in [0.2, 0.25) is 5.91 Å². The molecule has 21 heavy (non-hydrogen) atoms. The molecule has 0 spiro atoms. The number of carbonyl (C=O) groups excluding carboxylic acids is 1. The zero-order valence-corrected chi connectivity index (χ0v) is 13.4. The third kappa shape index (κ3) is 3.77. The highest BCUT2D eigenvalue weighted by Crippen LogP contribution is 2.19. The quantitative estimate of drug-likeness (QED) is 0.762. The molecule has 5 nitrogen and oxygen atoms in total. The molecule has 0 radical (unpaired) electrons. The van der Waals surface area contributed by atoms with Crippen molar-refractivity contribution in [1.29, 1.82) is 0 Å². The van der Waals surface area contributed by atoms with E-state index < -0.39 is 6.10 Å². The predicted molar refractivity (Wildman–Crippen MR) is 86.4 cm³/mol. The van der Waals surface area contributed by atoms with Gasteiger partial charge in [-0.25, -0.2) is 4.98 Å². The molecule has 1 unspecified atom stereocenters. The Morgan fingerprint density at radius 3 is 2.95 bits per heavy atom. The molecule has 2 rings (SSSR count). The van der Waals surface area contributed by atoms with Crippen molar-refractivity contribution < 1.29 is 9.90 Å². The van der Waals surface area contributed by atoms with E-state index in [0.29, 0.717) is 18.8 Å². The number of imidazole rings is 1. The van der Waals surface area contributed by atoms with Crippen LogP contribution in [0.15, 0.2) is 12.1 Å². The molecule has 0 fully saturated rings. The summed E-state index contributed by atoms with van der Waals surface area (Å²) in [5.41, 5.74) is 4.23. The third-order valence-corrected chi connectivity index (χ3v) is 4.20. The monoisotopic (exact) mass is 307 g/mol. The Hall–Kier alpha value is -1.53. The van der Waals surface area contributed by atoms with Crippen LogP contribution in [0, 0.1) is 13.8 Å². The third-order valence-electron chi connectivity index (χ3n) is 3.56. The van der Waals surface area contributed by atoms with Gasteiger partial charge in [0.1, 0.15) is 11.9 Å². The number of aromatic nitrogens is 2. The van der Waals surface area contributed by atoms with E-state index in [1.807, 2.05) is 32.2 Å². The first-order valence-corrected chi connectivity index (χ1v) is 8.32. The van der Waals surface area contributed by atoms with Crippen LogP contribution in [-0.4, -0.2) is 39.1 Å². The summed E-state index contributed by atoms with van der Waals surface area (Å²) >= 11 is 1.61. The zero-order valence-electron chi connectivity index (χ0n) is 12.6. The van der Waals surface area contributed by atoms with E-state index in [1.54, 1.807) is 11.8 Å². The highest BCUT2D eigenvalue weighted by molar-refractivity contribution is 7.98. The highest BCUT2D eigenvalue weighted by atomic mass is 32.2. The van der Waals surface area contributed by atoms with Gasteiger partial charge < -0.3 is 15.4 Å². The SMILES string of the molecule is CSCCC(O)C(=O)NCc1nc2c(C)c(C)ccc2[nH]1. The van der Waals surface area contributed by atoms with Crippen molar-refractivity contribution in [2.24, 2.45) is 0 Å². The number of H-pyrrole nitrogens is 1. The number of nitrogens with zero attached hydrogens (tertiary/aromatic N) is 1. The summed E-state index contributed by atoms with van der Waals surface area (Å²) < 4.78 is 0. The number of benzene rings is 1. The maximum absolute atomic E-state index is 11.7. The van der Waals surface area contributed by atoms with Crippen molar-refractivity contribution >= 4 is 28.7 Å². The fourth-order valence-electron chi connectivity index (χ4n) is 2.10. The minimum absolute atomic E-state index is 0.294. The molecule has 0 aliphatic heterocycles. The molecule has 0 bridgehead atoms. The summed E-state index contributed by atoms with van der Waals surface area (Å²) in [6.45, 7) is 4.38. The van der Waals surface area contributed by atoms with Gasteiger partial charge in [0.15, 0.2) is 0 Å². The summed E-state index contributed by atoms with van der Waals surface area (Å²) in [5, 5.41) is 12.4. The predicted octanol–water partition coefficient (Wildman–Crippen LogP) is 1.91. The number of fused-ring (bicyclic) bond motifs is 1. The zero-order chi connectivity index (χ0) is 15.4. The molecule has 1 aromatic heterocycles. The number of hydrogen-bond donors (Lipinski definition) is 3. The second kappa shape index (κ2) is 6.95. The lowest BCUT2D eigenvalue weighted by Crippen LogP contribution is -2.34. The minimum Gasteiger partial charge on any atom is -0.383 e. The van der Waals surface area contributed by atoms with Gasteiger partial charge in [-0.1, -0.05) is 6.07 Å². The Bertz CT molecular complexity index is 639. The van der Waals surface area contributed by atoms with Gasteiger partial charge >= 0.3 is 0 Å². The smallest absolute Gasteiger partial charge is 0.249 e. The molecule has 3 N–H and O–H groups in total. The van der Waals surface area contributed by atoms with Crippen LogP contribution < -0.4 is 5.32 Å². The lowest BCUT2D eigenvalue weighted by Gasteiger charge is -2.09. The van der Waals surface area contributed by atoms with Crippen molar-refractivity contribution in [2.75, 3.05) is 12.0 Å². The summed E-state index contributed by atoms with van der Waals surface area (Å²) in [6.07, 6.45) is 1.46. The van der Waals surface area contributed by atoms with E-state index in [4.69, 9.17) is 0 Å². The van der Waals surface area contributed by atoms with Crippen LogP contribution >= 0.6 is 11.8 Å². The maximum Gasteiger partial charge on any atom is 0.249 e. The first-order chi connectivity index (χ1) is 10.0. The lowest BCUT2D eigenvalue weighted by molar-refractivity contribution is -0.129. The van der Waals surface area contributed by atoms with E-state index in [9.17, 15) is 9.90 Å². The average molecular weight is 307 g/mol. The molecule has 6 heteroatoms. The number of nitrogens with one attached hydrogen (secondary N) is 2. The van der Waals surface area contributed by atoms with Crippen LogP contribution in [0.4, 0.5) is 0 Å². The fourth-order valence-corrected chi connectivity index (χ4v) is 2.56. The van der Waals surface area contributed by atoms with Crippen LogP contribution in [0.3, 0.4) is 0 Å². The van der Waals surface area contributed by atoms with Gasteiger partial charge in [0.25, 0.3) is 0 Å². The minimum atomic E-state index is -0.953. The first kappa shape index (κ1) is 15.9. The van der Waals surface area contributed by atoms with Gasteiger partial charge in [-0.2, -0.15) is 11.8 Å². The number of thioether (sulfide) groups is 1. The number of aromatic amines is 1. The normalized spacial score (nSPS) is 12.6. The molecular weight excluding hydrogens is 286 g/mol. The topological polar surface area (TPSA) is 78.0 Å². The number of aryl methyl sites for hydroxylation is 2. The Balaban J connectivity index is 2.01. The number of hydrogen-bond acceptors (Lipinski definition) is 4. The van der Waals surface area contributed by atoms with Crippen LogP contribution in [0.2, 0.25) is 0 Å². The molecule has 0 saturated heterocycles. The second-order valence-corrected chi connectivity index (χ2v) is 6.09. The van der Waals surface area contributed by atoms with Gasteiger partial charge in [-0.3, -0.25) is 4.79 Å². The summed E-state index contributed by atoms with van der Waals surface area (Å²) in [7, 11) is 0. The number of rotatable bonds is 6. The molecule has 1 atom stereocenters. The number of amides is 1. The second-order valence-electron chi connectivity index (χ2n) is 5.10. The van der Waals surface area contributed by atoms with Crippen molar-refractivity contribution in [3.05, 3.63) is 29.1 Å². The van der Waals surface area contributed by atoms with E-state index in [-0.39, 0.29) is 5.91 Å². The van der Waals surface area contributed by atoms with Gasteiger partial charge in [0, 0.05) is 0 Å². The Morgan fingerprint density at radius 1 is 1.48 bits per heavy atom. The molecule has 0 aliphatic carbocycles. The van der Waals surface area contributed by atoms with Gasteiger partial charge in [0.05, 0.1) is 17.6 Å². The van der Waals surface area contributed by atoms with Crippen molar-refractivity contribution in [3.63, 3.8) is 0 Å². The van der Waals surface area contributed by atoms with Crippen LogP contribution in [0.1, 0.15) is 23.4 Å². The van der Waals surface area contributed by atoms with Crippen LogP contribution in [0.25, 0.3) is 11.0 Å². The first-order valence-electron chi connectivity index (χ1n) is 6.92. The van der Waals surface area contributed by atoms with Crippen LogP contribution in [-0.2, 0) is 11.3 Å². The Kier molecular flexibility index (Phi) is 5.25. The standard InChI is InChI=1S/C15H21N3O2S/c1-9-4-5-11-14(10(9)2)18-13(17-11)8-16-15(20)12(19)6-7-21-3/h4-5,12,19H,6-8H2,1-3H3,(H,16,20)(H,17,18). The molecule has 114 valence electrons. The summed E-state index contributed by atoms with van der Waals surface area (Å²) in [5.74, 6) is 1.11. The van der Waals surface area contributed by atoms with Crippen molar-refractivity contribution in [1.82, 2.24) is 15.3 Å². The number of carbonyl (C=O) groups is 1. The maximum atomic E-state index is 11.7. The Morgan fingerprint density at radius 2 is 2.24 bits per heavy atom. The van der Waals surface area contributed by atoms with Crippen molar-refractivity contribution in [3.8, 4) is 0 Å². The largest absolute Gasteiger partial charge is 0.383 e. The molecule has 1 heterocycles. The Labute approximate surface area is 128 Å². The average Bonchev–Trinajstić information content (AvgIpc) is 2.90.